The fourth-order valence-corrected chi connectivity index (χ4v) is 1.61. The number of hydrogen-bond acceptors (Lipinski definition) is 4. The minimum atomic E-state index is -0.632. The van der Waals surface area contributed by atoms with Crippen molar-refractivity contribution in [3.05, 3.63) is 42.0 Å². The Kier molecular flexibility index (Phi) is 3.49. The summed E-state index contributed by atoms with van der Waals surface area (Å²) in [6, 6.07) is 0. The van der Waals surface area contributed by atoms with Crippen LogP contribution in [0.5, 0.6) is 0 Å². The van der Waals surface area contributed by atoms with Crippen LogP contribution in [0.3, 0.4) is 0 Å². The predicted octanol–water partition coefficient (Wildman–Crippen LogP) is 1.18. The summed E-state index contributed by atoms with van der Waals surface area (Å²) in [5.74, 6) is 1.43. The number of imidazole rings is 1. The molecule has 0 saturated heterocycles. The van der Waals surface area contributed by atoms with Crippen LogP contribution >= 0.6 is 0 Å². The lowest BCUT2D eigenvalue weighted by molar-refractivity contribution is 0.157. The summed E-state index contributed by atoms with van der Waals surface area (Å²) in [5.41, 5.74) is 0.991. The van der Waals surface area contributed by atoms with Crippen molar-refractivity contribution in [2.24, 2.45) is 7.05 Å². The van der Waals surface area contributed by atoms with Gasteiger partial charge in [-0.2, -0.15) is 0 Å². The average molecular weight is 232 g/mol. The van der Waals surface area contributed by atoms with Crippen molar-refractivity contribution in [3.8, 4) is 0 Å². The van der Waals surface area contributed by atoms with Gasteiger partial charge in [0.2, 0.25) is 0 Å². The Labute approximate surface area is 100 Å². The van der Waals surface area contributed by atoms with E-state index in [1.165, 1.54) is 0 Å². The molecule has 90 valence electrons. The molecule has 5 heteroatoms. The van der Waals surface area contributed by atoms with Crippen LogP contribution < -0.4 is 0 Å². The zero-order chi connectivity index (χ0) is 12.3. The molecule has 1 N–H and O–H groups in total. The van der Waals surface area contributed by atoms with E-state index in [4.69, 9.17) is 0 Å². The van der Waals surface area contributed by atoms with E-state index in [1.807, 2.05) is 24.7 Å². The van der Waals surface area contributed by atoms with Crippen LogP contribution in [0, 0.1) is 6.92 Å². The highest BCUT2D eigenvalue weighted by Gasteiger charge is 2.11. The van der Waals surface area contributed by atoms with E-state index in [0.717, 1.165) is 11.4 Å². The van der Waals surface area contributed by atoms with Crippen molar-refractivity contribution in [2.45, 2.75) is 25.9 Å². The Balaban J connectivity index is 1.95. The molecule has 0 aliphatic carbocycles. The van der Waals surface area contributed by atoms with E-state index in [-0.39, 0.29) is 0 Å². The first-order valence-corrected chi connectivity index (χ1v) is 5.59. The molecule has 1 atom stereocenters. The first kappa shape index (κ1) is 11.7. The van der Waals surface area contributed by atoms with Gasteiger partial charge in [0.25, 0.3) is 0 Å². The predicted molar refractivity (Wildman–Crippen MR) is 63.3 cm³/mol. The van der Waals surface area contributed by atoms with E-state index in [2.05, 4.69) is 15.0 Å². The third-order valence-electron chi connectivity index (χ3n) is 2.66. The van der Waals surface area contributed by atoms with Crippen LogP contribution in [-0.2, 0) is 13.5 Å². The van der Waals surface area contributed by atoms with E-state index in [1.54, 1.807) is 18.6 Å². The van der Waals surface area contributed by atoms with Crippen molar-refractivity contribution in [2.75, 3.05) is 0 Å². The van der Waals surface area contributed by atoms with Crippen molar-refractivity contribution < 1.29 is 5.11 Å². The van der Waals surface area contributed by atoms with Gasteiger partial charge in [-0.05, 0) is 18.9 Å². The molecule has 17 heavy (non-hydrogen) atoms. The molecule has 0 radical (unpaired) electrons. The van der Waals surface area contributed by atoms with Crippen molar-refractivity contribution >= 4 is 0 Å². The van der Waals surface area contributed by atoms with Crippen LogP contribution in [0.15, 0.2) is 24.8 Å². The minimum absolute atomic E-state index is 0.477. The van der Waals surface area contributed by atoms with Crippen molar-refractivity contribution in [1.29, 1.82) is 0 Å². The fraction of sp³-hybridized carbons (Fsp3) is 0.417. The van der Waals surface area contributed by atoms with Crippen LogP contribution in [0.4, 0.5) is 0 Å². The Morgan fingerprint density at radius 1 is 1.29 bits per heavy atom. The monoisotopic (exact) mass is 232 g/mol. The molecular formula is C12H16N4O. The number of aliphatic hydroxyl groups is 1. The Hall–Kier alpha value is -1.75. The van der Waals surface area contributed by atoms with E-state index in [9.17, 15) is 5.11 Å². The molecule has 0 bridgehead atoms. The molecule has 0 saturated carbocycles. The van der Waals surface area contributed by atoms with Gasteiger partial charge in [0.05, 0.1) is 0 Å². The molecule has 5 nitrogen and oxygen atoms in total. The number of nitrogens with zero attached hydrogens (tertiary/aromatic N) is 4. The number of aromatic nitrogens is 4. The maximum atomic E-state index is 9.94. The molecule has 2 aromatic heterocycles. The van der Waals surface area contributed by atoms with E-state index in [0.29, 0.717) is 18.7 Å². The minimum Gasteiger partial charge on any atom is -0.385 e. The molecular weight excluding hydrogens is 216 g/mol. The Morgan fingerprint density at radius 2 is 2.00 bits per heavy atom. The standard InChI is InChI=1S/C12H16N4O/c1-9-7-14-12(15-8-9)10(17)3-4-11-13-5-6-16(11)2/h5-8,10,17H,3-4H2,1-2H3. The van der Waals surface area contributed by atoms with Crippen molar-refractivity contribution in [3.63, 3.8) is 0 Å². The molecule has 0 amide bonds. The zero-order valence-electron chi connectivity index (χ0n) is 10.0. The third-order valence-corrected chi connectivity index (χ3v) is 2.66. The first-order valence-electron chi connectivity index (χ1n) is 5.59. The number of aliphatic hydroxyl groups excluding tert-OH is 1. The van der Waals surface area contributed by atoms with Gasteiger partial charge >= 0.3 is 0 Å². The van der Waals surface area contributed by atoms with Crippen molar-refractivity contribution in [1.82, 2.24) is 19.5 Å². The van der Waals surface area contributed by atoms with Gasteiger partial charge in [-0.3, -0.25) is 0 Å². The summed E-state index contributed by atoms with van der Waals surface area (Å²) < 4.78 is 1.95. The summed E-state index contributed by atoms with van der Waals surface area (Å²) in [6.45, 7) is 1.92. The molecule has 0 fully saturated rings. The number of aryl methyl sites for hydroxylation is 3. The lowest BCUT2D eigenvalue weighted by Gasteiger charge is -2.08. The van der Waals surface area contributed by atoms with Gasteiger partial charge in [0.15, 0.2) is 5.82 Å². The van der Waals surface area contributed by atoms with Crippen LogP contribution in [0.2, 0.25) is 0 Å². The number of rotatable bonds is 4. The van der Waals surface area contributed by atoms with Gasteiger partial charge < -0.3 is 9.67 Å². The van der Waals surface area contributed by atoms with E-state index >= 15 is 0 Å². The highest BCUT2D eigenvalue weighted by Crippen LogP contribution is 2.14. The summed E-state index contributed by atoms with van der Waals surface area (Å²) >= 11 is 0. The molecule has 2 aromatic rings. The van der Waals surface area contributed by atoms with Gasteiger partial charge in [0.1, 0.15) is 11.9 Å². The third kappa shape index (κ3) is 2.88. The highest BCUT2D eigenvalue weighted by atomic mass is 16.3. The van der Waals surface area contributed by atoms with Gasteiger partial charge in [-0.15, -0.1) is 0 Å². The second-order valence-electron chi connectivity index (χ2n) is 4.13. The topological polar surface area (TPSA) is 63.8 Å². The lowest BCUT2D eigenvalue weighted by Crippen LogP contribution is -2.07. The maximum Gasteiger partial charge on any atom is 0.156 e. The summed E-state index contributed by atoms with van der Waals surface area (Å²) in [4.78, 5) is 12.4. The van der Waals surface area contributed by atoms with Crippen LogP contribution in [-0.4, -0.2) is 24.6 Å². The summed E-state index contributed by atoms with van der Waals surface area (Å²) in [7, 11) is 1.94. The zero-order valence-corrected chi connectivity index (χ0v) is 10.0. The lowest BCUT2D eigenvalue weighted by atomic mass is 10.2. The quantitative estimate of drug-likeness (QED) is 0.860. The average Bonchev–Trinajstić information content (AvgIpc) is 2.73. The second kappa shape index (κ2) is 5.05. The van der Waals surface area contributed by atoms with E-state index < -0.39 is 6.10 Å². The smallest absolute Gasteiger partial charge is 0.156 e. The highest BCUT2D eigenvalue weighted by molar-refractivity contribution is 5.03. The molecule has 0 aliphatic rings. The molecule has 0 aliphatic heterocycles. The normalized spacial score (nSPS) is 12.6. The second-order valence-corrected chi connectivity index (χ2v) is 4.13. The maximum absolute atomic E-state index is 9.94. The SMILES string of the molecule is Cc1cnc(C(O)CCc2nccn2C)nc1. The largest absolute Gasteiger partial charge is 0.385 e. The summed E-state index contributed by atoms with van der Waals surface area (Å²) in [5, 5.41) is 9.94. The van der Waals surface area contributed by atoms with Crippen LogP contribution in [0.1, 0.15) is 29.7 Å². The Morgan fingerprint density at radius 3 is 2.59 bits per heavy atom. The van der Waals surface area contributed by atoms with Gasteiger partial charge in [0, 0.05) is 38.3 Å². The Bertz CT molecular complexity index is 478. The fourth-order valence-electron chi connectivity index (χ4n) is 1.61. The van der Waals surface area contributed by atoms with Crippen LogP contribution in [0.25, 0.3) is 0 Å². The molecule has 0 aromatic carbocycles. The molecule has 2 heterocycles. The van der Waals surface area contributed by atoms with Gasteiger partial charge in [-0.25, -0.2) is 15.0 Å². The number of hydrogen-bond donors (Lipinski definition) is 1. The first-order chi connectivity index (χ1) is 8.16. The molecule has 2 rings (SSSR count). The molecule has 1 unspecified atom stereocenters. The molecule has 0 spiro atoms. The summed E-state index contributed by atoms with van der Waals surface area (Å²) in [6.07, 6.45) is 7.73. The van der Waals surface area contributed by atoms with Gasteiger partial charge in [-0.1, -0.05) is 0 Å².